The number of urea groups is 1. The fraction of sp³-hybridized carbons (Fsp3) is 0.824. The number of ether oxygens (including phenoxy) is 1. The van der Waals surface area contributed by atoms with Crippen LogP contribution in [0.25, 0.3) is 0 Å². The Bertz CT molecular complexity index is 507. The van der Waals surface area contributed by atoms with E-state index in [1.807, 2.05) is 18.7 Å². The lowest BCUT2D eigenvalue weighted by molar-refractivity contribution is -0.148. The van der Waals surface area contributed by atoms with Crippen molar-refractivity contribution in [2.75, 3.05) is 33.3 Å². The number of aliphatic carboxylic acids is 1. The van der Waals surface area contributed by atoms with Gasteiger partial charge in [0.05, 0.1) is 19.6 Å². The number of likely N-dealkylation sites (tertiary alicyclic amines) is 1. The molecule has 1 saturated heterocycles. The van der Waals surface area contributed by atoms with E-state index in [-0.39, 0.29) is 42.5 Å². The molecule has 8 nitrogen and oxygen atoms in total. The quantitative estimate of drug-likeness (QED) is 0.683. The number of piperidine rings is 1. The number of hydrogen-bond donors (Lipinski definition) is 2. The number of amides is 2. The molecule has 2 rings (SSSR count). The molecule has 0 spiro atoms. The van der Waals surface area contributed by atoms with Gasteiger partial charge in [-0.05, 0) is 31.7 Å². The minimum absolute atomic E-state index is 0.0421. The lowest BCUT2D eigenvalue weighted by Gasteiger charge is -2.43. The van der Waals surface area contributed by atoms with E-state index in [0.29, 0.717) is 26.1 Å². The minimum atomic E-state index is -0.822. The summed E-state index contributed by atoms with van der Waals surface area (Å²) in [5.41, 5.74) is 0. The molecule has 1 heterocycles. The number of hydrogen-bond acceptors (Lipinski definition) is 5. The molecule has 2 unspecified atom stereocenters. The molecule has 1 aliphatic heterocycles. The normalized spacial score (nSPS) is 29.0. The summed E-state index contributed by atoms with van der Waals surface area (Å²) in [6, 6.07) is 0.212. The van der Waals surface area contributed by atoms with Crippen LogP contribution in [0.1, 0.15) is 33.1 Å². The number of methoxy groups -OCH3 is 1. The highest BCUT2D eigenvalue weighted by Gasteiger charge is 2.37. The van der Waals surface area contributed by atoms with Crippen molar-refractivity contribution in [1.82, 2.24) is 15.1 Å². The van der Waals surface area contributed by atoms with E-state index in [4.69, 9.17) is 9.84 Å². The fourth-order valence-corrected chi connectivity index (χ4v) is 3.77. The van der Waals surface area contributed by atoms with Gasteiger partial charge in [0.25, 0.3) is 0 Å². The summed E-state index contributed by atoms with van der Waals surface area (Å²) in [5.74, 6) is -1.09. The second-order valence-corrected chi connectivity index (χ2v) is 7.07. The molecule has 25 heavy (non-hydrogen) atoms. The molecule has 0 aromatic rings. The average molecular weight is 355 g/mol. The van der Waals surface area contributed by atoms with Crippen LogP contribution in [0.4, 0.5) is 4.79 Å². The zero-order valence-corrected chi connectivity index (χ0v) is 15.2. The third-order valence-corrected chi connectivity index (χ3v) is 5.40. The molecule has 142 valence electrons. The van der Waals surface area contributed by atoms with Crippen molar-refractivity contribution in [3.05, 3.63) is 0 Å². The van der Waals surface area contributed by atoms with Crippen molar-refractivity contribution in [3.63, 3.8) is 0 Å². The maximum Gasteiger partial charge on any atom is 0.317 e. The van der Waals surface area contributed by atoms with E-state index in [1.165, 1.54) is 7.11 Å². The van der Waals surface area contributed by atoms with Crippen LogP contribution in [0.15, 0.2) is 0 Å². The number of carboxylic acids is 1. The van der Waals surface area contributed by atoms with Crippen molar-refractivity contribution in [2.45, 2.75) is 45.2 Å². The Morgan fingerprint density at radius 1 is 1.32 bits per heavy atom. The highest BCUT2D eigenvalue weighted by Crippen LogP contribution is 2.27. The van der Waals surface area contributed by atoms with E-state index in [2.05, 4.69) is 5.32 Å². The van der Waals surface area contributed by atoms with Crippen LogP contribution in [0.3, 0.4) is 0 Å². The van der Waals surface area contributed by atoms with Gasteiger partial charge in [-0.1, -0.05) is 13.8 Å². The molecule has 2 N–H and O–H groups in total. The van der Waals surface area contributed by atoms with Gasteiger partial charge in [0.15, 0.2) is 0 Å². The smallest absolute Gasteiger partial charge is 0.317 e. The summed E-state index contributed by atoms with van der Waals surface area (Å²) in [6.07, 6.45) is 2.18. The first-order chi connectivity index (χ1) is 11.8. The average Bonchev–Trinajstić information content (AvgIpc) is 2.54. The van der Waals surface area contributed by atoms with Crippen molar-refractivity contribution >= 4 is 18.0 Å². The van der Waals surface area contributed by atoms with Gasteiger partial charge in [0.1, 0.15) is 0 Å². The summed E-state index contributed by atoms with van der Waals surface area (Å²) >= 11 is 0. The first-order valence-electron chi connectivity index (χ1n) is 8.94. The van der Waals surface area contributed by atoms with Crippen molar-refractivity contribution in [2.24, 2.45) is 11.8 Å². The largest absolute Gasteiger partial charge is 0.480 e. The van der Waals surface area contributed by atoms with E-state index < -0.39 is 5.97 Å². The van der Waals surface area contributed by atoms with E-state index in [1.54, 1.807) is 4.90 Å². The number of carbonyl (C=O) groups excluding carboxylic acids is 2. The van der Waals surface area contributed by atoms with Crippen molar-refractivity contribution in [3.8, 4) is 0 Å². The maximum atomic E-state index is 12.4. The molecule has 2 atom stereocenters. The number of esters is 1. The Hall–Kier alpha value is -1.83. The lowest BCUT2D eigenvalue weighted by Crippen LogP contribution is -2.58. The monoisotopic (exact) mass is 355 g/mol. The molecule has 0 radical (unpaired) electrons. The van der Waals surface area contributed by atoms with Gasteiger partial charge in [-0.15, -0.1) is 0 Å². The summed E-state index contributed by atoms with van der Waals surface area (Å²) in [6.45, 7) is 5.73. The second kappa shape index (κ2) is 8.51. The molecule has 0 bridgehead atoms. The minimum Gasteiger partial charge on any atom is -0.480 e. The van der Waals surface area contributed by atoms with Crippen LogP contribution in [0.2, 0.25) is 0 Å². The predicted molar refractivity (Wildman–Crippen MR) is 91.1 cm³/mol. The molecule has 0 aromatic heterocycles. The van der Waals surface area contributed by atoms with Crippen LogP contribution in [0, 0.1) is 11.8 Å². The Morgan fingerprint density at radius 3 is 2.52 bits per heavy atom. The summed E-state index contributed by atoms with van der Waals surface area (Å²) in [5, 5.41) is 11.9. The van der Waals surface area contributed by atoms with Gasteiger partial charge < -0.3 is 20.1 Å². The Balaban J connectivity index is 1.75. The summed E-state index contributed by atoms with van der Waals surface area (Å²) < 4.78 is 4.81. The van der Waals surface area contributed by atoms with Gasteiger partial charge in [-0.25, -0.2) is 4.79 Å². The lowest BCUT2D eigenvalue weighted by atomic mass is 9.85. The maximum absolute atomic E-state index is 12.4. The Morgan fingerprint density at radius 2 is 2.00 bits per heavy atom. The van der Waals surface area contributed by atoms with Crippen LogP contribution >= 0.6 is 0 Å². The fourth-order valence-electron chi connectivity index (χ4n) is 3.77. The summed E-state index contributed by atoms with van der Waals surface area (Å²) in [7, 11) is 1.39. The topological polar surface area (TPSA) is 99.2 Å². The molecule has 2 aliphatic rings. The number of carboxylic acid groups (broad SMARTS) is 1. The molecule has 8 heteroatoms. The molecule has 2 fully saturated rings. The van der Waals surface area contributed by atoms with E-state index >= 15 is 0 Å². The van der Waals surface area contributed by atoms with E-state index in [9.17, 15) is 14.4 Å². The van der Waals surface area contributed by atoms with Crippen molar-refractivity contribution < 1.29 is 24.2 Å². The second-order valence-electron chi connectivity index (χ2n) is 7.07. The highest BCUT2D eigenvalue weighted by atomic mass is 16.5. The van der Waals surface area contributed by atoms with Gasteiger partial charge in [0.2, 0.25) is 0 Å². The van der Waals surface area contributed by atoms with Crippen LogP contribution in [-0.4, -0.2) is 78.2 Å². The van der Waals surface area contributed by atoms with E-state index in [0.717, 1.165) is 12.8 Å². The van der Waals surface area contributed by atoms with Gasteiger partial charge in [0, 0.05) is 25.2 Å². The SMILES string of the molecule is CCN(CC(=O)O)C1CC(NC(=O)N2CCC(C(=O)OC)C(C)C2)C1. The first kappa shape index (κ1) is 19.5. The molecule has 0 aromatic carbocycles. The number of rotatable bonds is 6. The predicted octanol–water partition coefficient (Wildman–Crippen LogP) is 0.765. The molecule has 1 aliphatic carbocycles. The van der Waals surface area contributed by atoms with Crippen molar-refractivity contribution in [1.29, 1.82) is 0 Å². The number of nitrogens with one attached hydrogen (secondary N) is 1. The molecular formula is C17H29N3O5. The highest BCUT2D eigenvalue weighted by molar-refractivity contribution is 5.76. The Kier molecular flexibility index (Phi) is 6.64. The number of likely N-dealkylation sites (N-methyl/N-ethyl adjacent to an activating group) is 1. The van der Waals surface area contributed by atoms with Crippen LogP contribution in [-0.2, 0) is 14.3 Å². The van der Waals surface area contributed by atoms with Gasteiger partial charge >= 0.3 is 18.0 Å². The third kappa shape index (κ3) is 4.84. The zero-order chi connectivity index (χ0) is 18.6. The van der Waals surface area contributed by atoms with Gasteiger partial charge in [-0.2, -0.15) is 0 Å². The third-order valence-electron chi connectivity index (χ3n) is 5.40. The number of carbonyl (C=O) groups is 3. The summed E-state index contributed by atoms with van der Waals surface area (Å²) in [4.78, 5) is 38.6. The molecule has 1 saturated carbocycles. The molecular weight excluding hydrogens is 326 g/mol. The Labute approximate surface area is 148 Å². The standard InChI is InChI=1S/C17H29N3O5/c1-4-19(10-15(21)22)13-7-12(8-13)18-17(24)20-6-5-14(11(2)9-20)16(23)25-3/h11-14H,4-10H2,1-3H3,(H,18,24)(H,21,22). The van der Waals surface area contributed by atoms with Gasteiger partial charge in [-0.3, -0.25) is 14.5 Å². The van der Waals surface area contributed by atoms with Crippen LogP contribution < -0.4 is 5.32 Å². The zero-order valence-electron chi connectivity index (χ0n) is 15.2. The number of nitrogens with zero attached hydrogens (tertiary/aromatic N) is 2. The first-order valence-corrected chi connectivity index (χ1v) is 8.94. The van der Waals surface area contributed by atoms with Crippen LogP contribution in [0.5, 0.6) is 0 Å². The molecule has 2 amide bonds.